The van der Waals surface area contributed by atoms with Crippen LogP contribution < -0.4 is 11.1 Å². The van der Waals surface area contributed by atoms with E-state index < -0.39 is 0 Å². The lowest BCUT2D eigenvalue weighted by Gasteiger charge is -1.76. The van der Waals surface area contributed by atoms with Gasteiger partial charge in [0.15, 0.2) is 0 Å². The third-order valence-corrected chi connectivity index (χ3v) is 0.695. The summed E-state index contributed by atoms with van der Waals surface area (Å²) in [6, 6.07) is 2.33. The zero-order valence-corrected chi connectivity index (χ0v) is 3.97. The number of nitrogens with one attached hydrogen (secondary N) is 2. The van der Waals surface area contributed by atoms with E-state index in [0.717, 1.165) is 0 Å². The summed E-state index contributed by atoms with van der Waals surface area (Å²) >= 11 is 0. The summed E-state index contributed by atoms with van der Waals surface area (Å²) in [5.41, 5.74) is -0.603. The van der Waals surface area contributed by atoms with E-state index in [1.165, 1.54) is 12.1 Å². The lowest BCUT2D eigenvalue weighted by molar-refractivity contribution is 0.952. The van der Waals surface area contributed by atoms with E-state index in [9.17, 15) is 9.59 Å². The van der Waals surface area contributed by atoms with E-state index in [-0.39, 0.29) is 11.1 Å². The number of hydrogen-bond donors (Lipinski definition) is 2. The molecule has 0 bridgehead atoms. The number of hydrogen-bond acceptors (Lipinski definition) is 2. The van der Waals surface area contributed by atoms with Crippen molar-refractivity contribution in [1.82, 2.24) is 10.2 Å². The Morgan fingerprint density at radius 3 is 1.62 bits per heavy atom. The highest BCUT2D eigenvalue weighted by atomic mass is 16.2. The third-order valence-electron chi connectivity index (χ3n) is 0.695. The lowest BCUT2D eigenvalue weighted by atomic mass is 11.5. The Morgan fingerprint density at radius 2 is 1.38 bits per heavy atom. The van der Waals surface area contributed by atoms with Crippen LogP contribution in [0.4, 0.5) is 0 Å². The maximum absolute atomic E-state index is 10.2. The number of H-pyrrole nitrogens is 2. The molecule has 8 heavy (non-hydrogen) atoms. The van der Waals surface area contributed by atoms with Gasteiger partial charge >= 0.3 is 0 Å². The minimum absolute atomic E-state index is 0.301. The molecule has 0 aliphatic rings. The maximum Gasteiger partial charge on any atom is 0.262 e. The van der Waals surface area contributed by atoms with Crippen molar-refractivity contribution in [2.45, 2.75) is 0 Å². The van der Waals surface area contributed by atoms with Crippen LogP contribution in [-0.2, 0) is 0 Å². The van der Waals surface area contributed by atoms with Crippen LogP contribution in [0, 0.1) is 0 Å². The molecule has 1 heterocycles. The van der Waals surface area contributed by atoms with Crippen molar-refractivity contribution in [3.05, 3.63) is 32.8 Å². The first-order chi connectivity index (χ1) is 3.79. The summed E-state index contributed by atoms with van der Waals surface area (Å²) in [6.45, 7) is 0. The molecule has 2 N–H and O–H groups in total. The molecule has 0 aliphatic carbocycles. The van der Waals surface area contributed by atoms with E-state index in [1.807, 2.05) is 0 Å². The molecule has 0 amide bonds. The summed E-state index contributed by atoms with van der Waals surface area (Å²) in [7, 11) is 0. The van der Waals surface area contributed by atoms with Gasteiger partial charge in [-0.2, -0.15) is 0 Å². The van der Waals surface area contributed by atoms with Crippen molar-refractivity contribution in [3.8, 4) is 0 Å². The van der Waals surface area contributed by atoms with E-state index >= 15 is 0 Å². The Hall–Kier alpha value is -1.32. The largest absolute Gasteiger partial charge is 0.268 e. The molecule has 0 aliphatic heterocycles. The van der Waals surface area contributed by atoms with Crippen LogP contribution in [0.5, 0.6) is 0 Å². The summed E-state index contributed by atoms with van der Waals surface area (Å²) < 4.78 is 0. The zero-order valence-electron chi connectivity index (χ0n) is 3.97. The van der Waals surface area contributed by atoms with Crippen molar-refractivity contribution in [2.24, 2.45) is 0 Å². The molecular weight excluding hydrogens is 112 g/mol. The van der Waals surface area contributed by atoms with Crippen LogP contribution in [0.1, 0.15) is 0 Å². The second-order valence-corrected chi connectivity index (χ2v) is 1.31. The minimum atomic E-state index is -0.301. The van der Waals surface area contributed by atoms with Crippen molar-refractivity contribution in [3.63, 3.8) is 0 Å². The van der Waals surface area contributed by atoms with E-state index in [0.29, 0.717) is 0 Å². The van der Waals surface area contributed by atoms with Crippen molar-refractivity contribution >= 4 is 0 Å². The Bertz CT molecular complexity index is 219. The van der Waals surface area contributed by atoms with Gasteiger partial charge in [-0.3, -0.25) is 19.8 Å². The van der Waals surface area contributed by atoms with Gasteiger partial charge in [-0.15, -0.1) is 0 Å². The second-order valence-electron chi connectivity index (χ2n) is 1.31. The molecule has 0 aromatic carbocycles. The average molecular weight is 116 g/mol. The first-order valence-electron chi connectivity index (χ1n) is 2.07. The smallest absolute Gasteiger partial charge is 0.262 e. The van der Waals surface area contributed by atoms with Gasteiger partial charge in [-0.1, -0.05) is 0 Å². The molecule has 0 fully saturated rings. The van der Waals surface area contributed by atoms with Gasteiger partial charge in [0.25, 0.3) is 11.1 Å². The third kappa shape index (κ3) is 0.841. The van der Waals surface area contributed by atoms with Gasteiger partial charge in [0, 0.05) is 12.1 Å². The monoisotopic (exact) mass is 116 g/mol. The Labute approximate surface area is 44.2 Å². The molecule has 0 saturated heterocycles. The van der Waals surface area contributed by atoms with Crippen molar-refractivity contribution in [2.75, 3.05) is 0 Å². The summed E-state index contributed by atoms with van der Waals surface area (Å²) in [6.07, 6.45) is 0. The van der Waals surface area contributed by atoms with Crippen molar-refractivity contribution in [1.29, 1.82) is 0 Å². The molecule has 1 aromatic rings. The maximum atomic E-state index is 10.2. The molecule has 4 heteroatoms. The number of rotatable bonds is 0. The van der Waals surface area contributed by atoms with E-state index in [1.54, 1.807) is 0 Å². The first kappa shape index (κ1) is 4.83. The summed E-state index contributed by atoms with van der Waals surface area (Å²) in [5.74, 6) is 0. The second kappa shape index (κ2) is 1.65. The van der Waals surface area contributed by atoms with Crippen LogP contribution >= 0.6 is 0 Å². The minimum Gasteiger partial charge on any atom is -0.268 e. The van der Waals surface area contributed by atoms with Gasteiger partial charge < -0.3 is 0 Å². The molecule has 0 atom stereocenters. The fourth-order valence-electron chi connectivity index (χ4n) is 0.358. The van der Waals surface area contributed by atoms with E-state index in [2.05, 4.69) is 10.2 Å². The number of aromatic amines is 2. The molecular formula is C4H4N2O2. The first-order valence-corrected chi connectivity index (χ1v) is 2.07. The van der Waals surface area contributed by atoms with Gasteiger partial charge in [0.2, 0.25) is 0 Å². The quantitative estimate of drug-likeness (QED) is 0.459. The highest BCUT2D eigenvalue weighted by Crippen LogP contribution is 1.50. The normalized spacial score (nSPS) is 9.00. The topological polar surface area (TPSA) is 65.7 Å². The van der Waals surface area contributed by atoms with Crippen LogP contribution in [0.3, 0.4) is 0 Å². The summed E-state index contributed by atoms with van der Waals surface area (Å²) in [5, 5.41) is 4.21. The molecule has 1 rings (SSSR count). The van der Waals surface area contributed by atoms with Gasteiger partial charge in [-0.05, 0) is 0 Å². The average Bonchev–Trinajstić information content (AvgIpc) is 1.77. The molecule has 1 aromatic heterocycles. The molecule has 0 spiro atoms. The molecule has 0 unspecified atom stereocenters. The van der Waals surface area contributed by atoms with Crippen molar-refractivity contribution < 1.29 is 0 Å². The highest BCUT2D eigenvalue weighted by molar-refractivity contribution is 4.82. The SMILES string of the molecule is O=[13c]1[13cH][13cH][13c](=O)[nH][nH]1. The van der Waals surface area contributed by atoms with Gasteiger partial charge in [-0.25, -0.2) is 0 Å². The van der Waals surface area contributed by atoms with Crippen LogP contribution in [0.15, 0.2) is 21.7 Å². The molecule has 0 radical (unpaired) electrons. The molecule has 4 nitrogen and oxygen atoms in total. The van der Waals surface area contributed by atoms with Gasteiger partial charge in [0.05, 0.1) is 0 Å². The lowest BCUT2D eigenvalue weighted by Crippen LogP contribution is -2.14. The highest BCUT2D eigenvalue weighted by Gasteiger charge is 1.77. The zero-order chi connectivity index (χ0) is 5.98. The van der Waals surface area contributed by atoms with Crippen LogP contribution in [0.2, 0.25) is 0 Å². The predicted molar refractivity (Wildman–Crippen MR) is 27.7 cm³/mol. The molecule has 42 valence electrons. The van der Waals surface area contributed by atoms with Crippen LogP contribution in [0.25, 0.3) is 0 Å². The van der Waals surface area contributed by atoms with Gasteiger partial charge in [0.1, 0.15) is 0 Å². The standard InChI is InChI=1S/C4H4N2O2/c7-3-1-2-4(8)6-5-3/h1-2H,(H,5,7)(H,6,8)/i1+1,2+1,3+1,4+1. The fraction of sp³-hybridized carbons (Fsp3) is 0. The Balaban J connectivity index is 3.44. The Morgan fingerprint density at radius 1 is 1.00 bits per heavy atom. The van der Waals surface area contributed by atoms with Crippen LogP contribution in [-0.4, -0.2) is 10.2 Å². The Kier molecular flexibility index (Phi) is 0.997. The fourth-order valence-corrected chi connectivity index (χ4v) is 0.358. The molecule has 0 saturated carbocycles. The number of aromatic nitrogens is 2. The van der Waals surface area contributed by atoms with E-state index in [4.69, 9.17) is 0 Å². The predicted octanol–water partition coefficient (Wildman–Crippen LogP) is -0.937. The summed E-state index contributed by atoms with van der Waals surface area (Å²) in [4.78, 5) is 20.4.